The minimum Gasteiger partial charge on any atom is -0.482 e. The van der Waals surface area contributed by atoms with Gasteiger partial charge in [-0.1, -0.05) is 36.4 Å². The highest BCUT2D eigenvalue weighted by Gasteiger charge is 2.18. The predicted octanol–water partition coefficient (Wildman–Crippen LogP) is 2.61. The fraction of sp³-hybridized carbons (Fsp3) is 0.333. The molecule has 0 radical (unpaired) electrons. The largest absolute Gasteiger partial charge is 0.482 e. The average molecular weight is 329 g/mol. The van der Waals surface area contributed by atoms with E-state index in [1.807, 2.05) is 49.3 Å². The van der Waals surface area contributed by atoms with Gasteiger partial charge in [0, 0.05) is 18.7 Å². The van der Waals surface area contributed by atoms with Gasteiger partial charge in [0.05, 0.1) is 4.92 Å². The number of likely N-dealkylation sites (N-methyl/N-ethyl adjacent to an activating group) is 1. The van der Waals surface area contributed by atoms with Gasteiger partial charge in [0.2, 0.25) is 0 Å². The van der Waals surface area contributed by atoms with E-state index in [-0.39, 0.29) is 17.5 Å². The second-order valence-corrected chi connectivity index (χ2v) is 5.89. The Labute approximate surface area is 142 Å². The van der Waals surface area contributed by atoms with Crippen molar-refractivity contribution in [2.75, 3.05) is 20.6 Å². The minimum atomic E-state index is -0.420. The van der Waals surface area contributed by atoms with Gasteiger partial charge < -0.3 is 15.4 Å². The third kappa shape index (κ3) is 4.78. The summed E-state index contributed by atoms with van der Waals surface area (Å²) in [5, 5.41) is 11.2. The van der Waals surface area contributed by atoms with Crippen molar-refractivity contribution in [3.63, 3.8) is 0 Å². The fourth-order valence-corrected chi connectivity index (χ4v) is 2.44. The number of hydrogen-bond acceptors (Lipinski definition) is 5. The molecule has 0 aliphatic carbocycles. The van der Waals surface area contributed by atoms with Gasteiger partial charge in [-0.05, 0) is 37.7 Å². The van der Waals surface area contributed by atoms with Crippen LogP contribution in [0, 0.1) is 10.1 Å². The van der Waals surface area contributed by atoms with Crippen LogP contribution in [-0.4, -0.2) is 36.5 Å². The first-order valence-corrected chi connectivity index (χ1v) is 7.81. The van der Waals surface area contributed by atoms with Gasteiger partial charge >= 0.3 is 5.69 Å². The van der Waals surface area contributed by atoms with Crippen LogP contribution < -0.4 is 10.5 Å². The SMILES string of the molecule is CN(C)[C@H](CN)Cc1ccc([N+](=O)[O-])c(OCc2ccccc2)c1. The molecule has 0 amide bonds. The maximum atomic E-state index is 11.2. The predicted molar refractivity (Wildman–Crippen MR) is 94.1 cm³/mol. The molecule has 2 rings (SSSR count). The molecular formula is C18H23N3O3. The molecule has 24 heavy (non-hydrogen) atoms. The van der Waals surface area contributed by atoms with Crippen molar-refractivity contribution >= 4 is 5.69 Å². The lowest BCUT2D eigenvalue weighted by Crippen LogP contribution is -2.36. The van der Waals surface area contributed by atoms with E-state index in [0.29, 0.717) is 19.6 Å². The van der Waals surface area contributed by atoms with E-state index >= 15 is 0 Å². The molecule has 1 atom stereocenters. The van der Waals surface area contributed by atoms with Crippen LogP contribution in [0.15, 0.2) is 48.5 Å². The lowest BCUT2D eigenvalue weighted by atomic mass is 10.0. The van der Waals surface area contributed by atoms with E-state index in [1.165, 1.54) is 6.07 Å². The van der Waals surface area contributed by atoms with Gasteiger partial charge in [-0.15, -0.1) is 0 Å². The number of nitro groups is 1. The molecule has 2 N–H and O–H groups in total. The van der Waals surface area contributed by atoms with Gasteiger partial charge in [-0.25, -0.2) is 0 Å². The molecule has 0 aliphatic heterocycles. The highest BCUT2D eigenvalue weighted by molar-refractivity contribution is 5.48. The molecule has 0 saturated heterocycles. The van der Waals surface area contributed by atoms with Gasteiger partial charge in [0.25, 0.3) is 0 Å². The molecule has 128 valence electrons. The van der Waals surface area contributed by atoms with Crippen LogP contribution in [0.25, 0.3) is 0 Å². The third-order valence-electron chi connectivity index (χ3n) is 3.93. The number of nitro benzene ring substituents is 1. The molecule has 0 bridgehead atoms. The Balaban J connectivity index is 2.19. The topological polar surface area (TPSA) is 81.6 Å². The Morgan fingerprint density at radius 1 is 1.17 bits per heavy atom. The average Bonchev–Trinajstić information content (AvgIpc) is 2.58. The molecule has 6 nitrogen and oxygen atoms in total. The lowest BCUT2D eigenvalue weighted by molar-refractivity contribution is -0.386. The van der Waals surface area contributed by atoms with Crippen LogP contribution in [0.5, 0.6) is 5.75 Å². The summed E-state index contributed by atoms with van der Waals surface area (Å²) < 4.78 is 5.71. The molecule has 0 heterocycles. The Kier molecular flexibility index (Phi) is 6.28. The Hall–Kier alpha value is -2.44. The van der Waals surface area contributed by atoms with Crippen LogP contribution in [0.2, 0.25) is 0 Å². The van der Waals surface area contributed by atoms with Gasteiger partial charge in [0.15, 0.2) is 5.75 Å². The summed E-state index contributed by atoms with van der Waals surface area (Å²) in [5.74, 6) is 0.288. The van der Waals surface area contributed by atoms with Crippen molar-refractivity contribution in [1.82, 2.24) is 4.90 Å². The van der Waals surface area contributed by atoms with E-state index in [0.717, 1.165) is 11.1 Å². The van der Waals surface area contributed by atoms with Gasteiger partial charge in [-0.3, -0.25) is 10.1 Å². The standard InChI is InChI=1S/C18H23N3O3/c1-20(2)16(12-19)10-15-8-9-17(21(22)23)18(11-15)24-13-14-6-4-3-5-7-14/h3-9,11,16H,10,12-13,19H2,1-2H3/t16-/m0/s1. The smallest absolute Gasteiger partial charge is 0.310 e. The number of nitrogens with zero attached hydrogens (tertiary/aromatic N) is 2. The van der Waals surface area contributed by atoms with Crippen LogP contribution in [0.3, 0.4) is 0 Å². The number of rotatable bonds is 8. The zero-order valence-corrected chi connectivity index (χ0v) is 14.0. The summed E-state index contributed by atoms with van der Waals surface area (Å²) in [6.07, 6.45) is 0.711. The first-order chi connectivity index (χ1) is 11.5. The van der Waals surface area contributed by atoms with Crippen LogP contribution >= 0.6 is 0 Å². The van der Waals surface area contributed by atoms with Crippen LogP contribution in [-0.2, 0) is 13.0 Å². The van der Waals surface area contributed by atoms with E-state index in [2.05, 4.69) is 0 Å². The quantitative estimate of drug-likeness (QED) is 0.595. The van der Waals surface area contributed by atoms with Crippen molar-refractivity contribution in [1.29, 1.82) is 0 Å². The highest BCUT2D eigenvalue weighted by Crippen LogP contribution is 2.29. The Morgan fingerprint density at radius 2 is 1.88 bits per heavy atom. The first-order valence-electron chi connectivity index (χ1n) is 7.81. The van der Waals surface area contributed by atoms with Crippen molar-refractivity contribution < 1.29 is 9.66 Å². The molecule has 6 heteroatoms. The summed E-state index contributed by atoms with van der Waals surface area (Å²) in [5.41, 5.74) is 7.70. The van der Waals surface area contributed by atoms with Crippen LogP contribution in [0.4, 0.5) is 5.69 Å². The second kappa shape index (κ2) is 8.42. The van der Waals surface area contributed by atoms with E-state index in [4.69, 9.17) is 10.5 Å². The van der Waals surface area contributed by atoms with Crippen molar-refractivity contribution in [3.05, 3.63) is 69.8 Å². The zero-order valence-electron chi connectivity index (χ0n) is 14.0. The van der Waals surface area contributed by atoms with Gasteiger partial charge in [0.1, 0.15) is 6.61 Å². The van der Waals surface area contributed by atoms with Crippen molar-refractivity contribution in [2.45, 2.75) is 19.1 Å². The Bertz CT molecular complexity index is 674. The van der Waals surface area contributed by atoms with Crippen LogP contribution in [0.1, 0.15) is 11.1 Å². The molecule has 2 aromatic carbocycles. The fourth-order valence-electron chi connectivity index (χ4n) is 2.44. The lowest BCUT2D eigenvalue weighted by Gasteiger charge is -2.22. The maximum absolute atomic E-state index is 11.2. The second-order valence-electron chi connectivity index (χ2n) is 5.89. The highest BCUT2D eigenvalue weighted by atomic mass is 16.6. The van der Waals surface area contributed by atoms with E-state index in [9.17, 15) is 10.1 Å². The minimum absolute atomic E-state index is 0.0242. The third-order valence-corrected chi connectivity index (χ3v) is 3.93. The first kappa shape index (κ1) is 17.9. The molecule has 0 fully saturated rings. The zero-order chi connectivity index (χ0) is 17.5. The molecule has 0 aromatic heterocycles. The van der Waals surface area contributed by atoms with Gasteiger partial charge in [-0.2, -0.15) is 0 Å². The Morgan fingerprint density at radius 3 is 2.46 bits per heavy atom. The molecule has 2 aromatic rings. The van der Waals surface area contributed by atoms with Crippen molar-refractivity contribution in [2.24, 2.45) is 5.73 Å². The summed E-state index contributed by atoms with van der Waals surface area (Å²) in [6, 6.07) is 14.8. The molecule has 0 unspecified atom stereocenters. The molecule has 0 spiro atoms. The van der Waals surface area contributed by atoms with E-state index < -0.39 is 4.92 Å². The number of hydrogen-bond donors (Lipinski definition) is 1. The summed E-state index contributed by atoms with van der Waals surface area (Å²) in [6.45, 7) is 0.809. The van der Waals surface area contributed by atoms with Crippen molar-refractivity contribution in [3.8, 4) is 5.75 Å². The van der Waals surface area contributed by atoms with E-state index in [1.54, 1.807) is 12.1 Å². The number of benzene rings is 2. The normalized spacial score (nSPS) is 12.2. The molecule has 0 aliphatic rings. The maximum Gasteiger partial charge on any atom is 0.310 e. The summed E-state index contributed by atoms with van der Waals surface area (Å²) in [7, 11) is 3.94. The number of nitrogens with two attached hydrogens (primary N) is 1. The number of ether oxygens (including phenoxy) is 1. The molecular weight excluding hydrogens is 306 g/mol. The monoisotopic (exact) mass is 329 g/mol. The molecule has 0 saturated carbocycles. The summed E-state index contributed by atoms with van der Waals surface area (Å²) in [4.78, 5) is 12.9. The summed E-state index contributed by atoms with van der Waals surface area (Å²) >= 11 is 0.